The summed E-state index contributed by atoms with van der Waals surface area (Å²) in [4.78, 5) is 1.05. The van der Waals surface area contributed by atoms with Crippen LogP contribution in [-0.4, -0.2) is 26.3 Å². The van der Waals surface area contributed by atoms with Crippen LogP contribution in [-0.2, 0) is 23.1 Å². The molecule has 1 N–H and O–H groups in total. The van der Waals surface area contributed by atoms with E-state index in [1.807, 2.05) is 22.9 Å². The van der Waals surface area contributed by atoms with Crippen molar-refractivity contribution >= 4 is 32.7 Å². The first kappa shape index (κ1) is 16.6. The molecule has 0 aromatic carbocycles. The Labute approximate surface area is 134 Å². The minimum atomic E-state index is -3.40. The first-order valence-electron chi connectivity index (χ1n) is 6.81. The third kappa shape index (κ3) is 4.37. The van der Waals surface area contributed by atoms with E-state index < -0.39 is 10.0 Å². The maximum atomic E-state index is 12.5. The van der Waals surface area contributed by atoms with Crippen molar-refractivity contribution in [2.24, 2.45) is 0 Å². The number of hydrogen-bond acceptors (Lipinski definition) is 5. The second-order valence-corrected chi connectivity index (χ2v) is 9.01. The van der Waals surface area contributed by atoms with Gasteiger partial charge in [0.15, 0.2) is 0 Å². The van der Waals surface area contributed by atoms with E-state index in [-0.39, 0.29) is 0 Å². The van der Waals surface area contributed by atoms with Crippen LogP contribution in [0.15, 0.2) is 33.2 Å². The lowest BCUT2D eigenvalue weighted by Gasteiger charge is -2.15. The van der Waals surface area contributed by atoms with Gasteiger partial charge >= 0.3 is 0 Å². The van der Waals surface area contributed by atoms with Crippen molar-refractivity contribution in [1.29, 1.82) is 0 Å². The number of sulfonamides is 1. The third-order valence-electron chi connectivity index (χ3n) is 3.01. The molecule has 0 fully saturated rings. The van der Waals surface area contributed by atoms with Crippen LogP contribution in [0.25, 0.3) is 0 Å². The Morgan fingerprint density at radius 2 is 2.10 bits per heavy atom. The van der Waals surface area contributed by atoms with Crippen LogP contribution in [0.2, 0.25) is 0 Å². The van der Waals surface area contributed by atoms with Crippen LogP contribution >= 0.6 is 22.7 Å². The molecule has 0 bridgehead atoms. The van der Waals surface area contributed by atoms with Gasteiger partial charge in [-0.25, -0.2) is 8.42 Å². The average Bonchev–Trinajstić information content (AvgIpc) is 3.10. The summed E-state index contributed by atoms with van der Waals surface area (Å²) in [6.07, 6.45) is 1.07. The highest BCUT2D eigenvalue weighted by Crippen LogP contribution is 2.25. The van der Waals surface area contributed by atoms with E-state index in [1.165, 1.54) is 15.6 Å². The van der Waals surface area contributed by atoms with E-state index in [1.54, 1.807) is 24.5 Å². The SMILES string of the molecule is CCCNCc1ccc(S(=O)(=O)N(C)Cc2ccsc2)s1. The summed E-state index contributed by atoms with van der Waals surface area (Å²) in [5.41, 5.74) is 1.02. The van der Waals surface area contributed by atoms with Gasteiger partial charge in [-0.3, -0.25) is 0 Å². The summed E-state index contributed by atoms with van der Waals surface area (Å²) in [5.74, 6) is 0. The molecule has 0 unspecified atom stereocenters. The number of hydrogen-bond donors (Lipinski definition) is 1. The molecule has 0 spiro atoms. The Morgan fingerprint density at radius 1 is 1.29 bits per heavy atom. The van der Waals surface area contributed by atoms with Gasteiger partial charge in [-0.1, -0.05) is 6.92 Å². The number of nitrogens with zero attached hydrogens (tertiary/aromatic N) is 1. The molecule has 0 amide bonds. The lowest BCUT2D eigenvalue weighted by molar-refractivity contribution is 0.469. The van der Waals surface area contributed by atoms with Crippen LogP contribution in [0.3, 0.4) is 0 Å². The molecular formula is C14H20N2O2S3. The summed E-state index contributed by atoms with van der Waals surface area (Å²) in [7, 11) is -1.77. The Hall–Kier alpha value is -0.730. The van der Waals surface area contributed by atoms with Crippen LogP contribution in [0.4, 0.5) is 0 Å². The molecule has 0 atom stereocenters. The van der Waals surface area contributed by atoms with Crippen LogP contribution in [0.1, 0.15) is 23.8 Å². The molecule has 0 saturated carbocycles. The number of thiophene rings is 2. The maximum absolute atomic E-state index is 12.5. The molecule has 0 aliphatic rings. The van der Waals surface area contributed by atoms with E-state index in [0.29, 0.717) is 10.8 Å². The normalized spacial score (nSPS) is 12.1. The molecule has 7 heteroatoms. The molecule has 2 heterocycles. The molecule has 0 saturated heterocycles. The summed E-state index contributed by atoms with van der Waals surface area (Å²) in [5, 5.41) is 7.21. The zero-order valence-electron chi connectivity index (χ0n) is 12.2. The minimum Gasteiger partial charge on any atom is -0.312 e. The largest absolute Gasteiger partial charge is 0.312 e. The Balaban J connectivity index is 2.04. The molecule has 0 aliphatic carbocycles. The molecular weight excluding hydrogens is 324 g/mol. The quantitative estimate of drug-likeness (QED) is 0.749. The van der Waals surface area contributed by atoms with E-state index >= 15 is 0 Å². The second kappa shape index (κ2) is 7.51. The highest BCUT2D eigenvalue weighted by atomic mass is 32.2. The van der Waals surface area contributed by atoms with Crippen molar-refractivity contribution in [3.63, 3.8) is 0 Å². The summed E-state index contributed by atoms with van der Waals surface area (Å²) in [6.45, 7) is 4.18. The molecule has 116 valence electrons. The number of nitrogens with one attached hydrogen (secondary N) is 1. The van der Waals surface area contributed by atoms with Gasteiger partial charge in [-0.2, -0.15) is 15.6 Å². The fraction of sp³-hybridized carbons (Fsp3) is 0.429. The fourth-order valence-corrected chi connectivity index (χ4v) is 5.21. The van der Waals surface area contributed by atoms with Crippen molar-refractivity contribution in [2.45, 2.75) is 30.6 Å². The van der Waals surface area contributed by atoms with Crippen molar-refractivity contribution in [3.8, 4) is 0 Å². The summed E-state index contributed by atoms with van der Waals surface area (Å²) < 4.78 is 26.9. The van der Waals surface area contributed by atoms with Gasteiger partial charge in [-0.05, 0) is 47.5 Å². The van der Waals surface area contributed by atoms with E-state index in [9.17, 15) is 8.42 Å². The first-order chi connectivity index (χ1) is 10.0. The third-order valence-corrected chi connectivity index (χ3v) is 7.10. The van der Waals surface area contributed by atoms with Gasteiger partial charge in [-0.15, -0.1) is 11.3 Å². The molecule has 2 aromatic heterocycles. The van der Waals surface area contributed by atoms with Crippen LogP contribution < -0.4 is 5.32 Å². The standard InChI is InChI=1S/C14H20N2O2S3/c1-3-7-15-9-13-4-5-14(20-13)21(17,18)16(2)10-12-6-8-19-11-12/h4-6,8,11,15H,3,7,9-10H2,1-2H3. The maximum Gasteiger partial charge on any atom is 0.252 e. The minimum absolute atomic E-state index is 0.410. The van der Waals surface area contributed by atoms with Gasteiger partial charge in [0.25, 0.3) is 10.0 Å². The van der Waals surface area contributed by atoms with Crippen LogP contribution in [0, 0.1) is 0 Å². The molecule has 0 radical (unpaired) electrons. The lowest BCUT2D eigenvalue weighted by atomic mass is 10.3. The van der Waals surface area contributed by atoms with Crippen molar-refractivity contribution in [1.82, 2.24) is 9.62 Å². The van der Waals surface area contributed by atoms with E-state index in [0.717, 1.165) is 30.0 Å². The first-order valence-corrected chi connectivity index (χ1v) is 10.0. The van der Waals surface area contributed by atoms with Gasteiger partial charge in [0.05, 0.1) is 0 Å². The lowest BCUT2D eigenvalue weighted by Crippen LogP contribution is -2.25. The Morgan fingerprint density at radius 3 is 2.76 bits per heavy atom. The Bertz CT molecular complexity index is 648. The number of rotatable bonds is 8. The van der Waals surface area contributed by atoms with Gasteiger partial charge < -0.3 is 5.32 Å². The fourth-order valence-electron chi connectivity index (χ4n) is 1.86. The van der Waals surface area contributed by atoms with Gasteiger partial charge in [0.2, 0.25) is 0 Å². The van der Waals surface area contributed by atoms with Crippen molar-refractivity contribution in [3.05, 3.63) is 39.4 Å². The summed E-state index contributed by atoms with van der Waals surface area (Å²) >= 11 is 2.92. The van der Waals surface area contributed by atoms with E-state index in [4.69, 9.17) is 0 Å². The molecule has 2 rings (SSSR count). The summed E-state index contributed by atoms with van der Waals surface area (Å²) in [6, 6.07) is 5.54. The molecule has 4 nitrogen and oxygen atoms in total. The second-order valence-electron chi connectivity index (χ2n) is 4.79. The predicted molar refractivity (Wildman–Crippen MR) is 89.3 cm³/mol. The van der Waals surface area contributed by atoms with Gasteiger partial charge in [0.1, 0.15) is 4.21 Å². The molecule has 21 heavy (non-hydrogen) atoms. The average molecular weight is 345 g/mol. The van der Waals surface area contributed by atoms with Crippen molar-refractivity contribution < 1.29 is 8.42 Å². The highest BCUT2D eigenvalue weighted by molar-refractivity contribution is 7.91. The van der Waals surface area contributed by atoms with Crippen molar-refractivity contribution in [2.75, 3.05) is 13.6 Å². The topological polar surface area (TPSA) is 49.4 Å². The molecule has 0 aliphatic heterocycles. The van der Waals surface area contributed by atoms with Gasteiger partial charge in [0, 0.05) is 25.0 Å². The monoisotopic (exact) mass is 344 g/mol. The zero-order chi connectivity index (χ0) is 15.3. The van der Waals surface area contributed by atoms with E-state index in [2.05, 4.69) is 12.2 Å². The Kier molecular flexibility index (Phi) is 5.95. The molecule has 2 aromatic rings. The van der Waals surface area contributed by atoms with Crippen LogP contribution in [0.5, 0.6) is 0 Å². The predicted octanol–water partition coefficient (Wildman–Crippen LogP) is 3.13. The highest BCUT2D eigenvalue weighted by Gasteiger charge is 2.23. The smallest absolute Gasteiger partial charge is 0.252 e. The zero-order valence-corrected chi connectivity index (χ0v) is 14.7.